The van der Waals surface area contributed by atoms with E-state index < -0.39 is 18.1 Å². The van der Waals surface area contributed by atoms with Crippen LogP contribution in [0.15, 0.2) is 42.5 Å². The molecule has 0 aromatic heterocycles. The van der Waals surface area contributed by atoms with Crippen molar-refractivity contribution >= 4 is 40.8 Å². The highest BCUT2D eigenvalue weighted by molar-refractivity contribution is 6.02. The zero-order valence-electron chi connectivity index (χ0n) is 24.8. The fourth-order valence-corrected chi connectivity index (χ4v) is 5.99. The summed E-state index contributed by atoms with van der Waals surface area (Å²) in [6, 6.07) is 12.5. The molecular weight excluding hydrogens is 520 g/mol. The first-order chi connectivity index (χ1) is 19.6. The van der Waals surface area contributed by atoms with Crippen molar-refractivity contribution in [2.45, 2.75) is 59.8 Å². The van der Waals surface area contributed by atoms with E-state index in [1.807, 2.05) is 12.1 Å². The molecule has 3 amide bonds. The van der Waals surface area contributed by atoms with Gasteiger partial charge in [-0.3, -0.25) is 10.1 Å². The molecule has 0 saturated heterocycles. The summed E-state index contributed by atoms with van der Waals surface area (Å²) < 4.78 is 4.90. The minimum absolute atomic E-state index is 0.0291. The van der Waals surface area contributed by atoms with Crippen LogP contribution in [0.5, 0.6) is 0 Å². The number of carboxylic acids is 1. The lowest BCUT2D eigenvalue weighted by Crippen LogP contribution is -2.32. The molecule has 2 saturated carbocycles. The second-order valence-corrected chi connectivity index (χ2v) is 12.1. The third kappa shape index (κ3) is 7.71. The van der Waals surface area contributed by atoms with Gasteiger partial charge in [-0.1, -0.05) is 53.0 Å². The van der Waals surface area contributed by atoms with E-state index in [1.54, 1.807) is 31.2 Å². The Morgan fingerprint density at radius 2 is 1.54 bits per heavy atom. The average Bonchev–Trinajstić information content (AvgIpc) is 3.58. The molecule has 41 heavy (non-hydrogen) atoms. The Morgan fingerprint density at radius 3 is 2.05 bits per heavy atom. The zero-order chi connectivity index (χ0) is 29.7. The van der Waals surface area contributed by atoms with Gasteiger partial charge >= 0.3 is 18.1 Å². The van der Waals surface area contributed by atoms with Gasteiger partial charge in [-0.25, -0.2) is 9.59 Å². The number of urea groups is 1. The molecule has 9 nitrogen and oxygen atoms in total. The van der Waals surface area contributed by atoms with E-state index in [-0.39, 0.29) is 24.4 Å². The topological polar surface area (TPSA) is 120 Å². The van der Waals surface area contributed by atoms with Gasteiger partial charge in [-0.2, -0.15) is 0 Å². The molecule has 3 atom stereocenters. The van der Waals surface area contributed by atoms with Crippen LogP contribution in [0.4, 0.5) is 32.3 Å². The highest BCUT2D eigenvalue weighted by atomic mass is 16.5. The Labute approximate surface area is 243 Å². The van der Waals surface area contributed by atoms with Crippen LogP contribution >= 0.6 is 0 Å². The maximum atomic E-state index is 13.2. The minimum Gasteiger partial charge on any atom is -0.481 e. The molecule has 0 radical (unpaired) electrons. The predicted octanol–water partition coefficient (Wildman–Crippen LogP) is 7.23. The second-order valence-electron chi connectivity index (χ2n) is 12.1. The number of ether oxygens (including phenoxy) is 1. The molecule has 0 spiro atoms. The van der Waals surface area contributed by atoms with Crippen molar-refractivity contribution in [1.82, 2.24) is 0 Å². The first-order valence-corrected chi connectivity index (χ1v) is 14.8. The van der Waals surface area contributed by atoms with Crippen LogP contribution in [-0.4, -0.2) is 42.9 Å². The number of rotatable bonds is 12. The standard InChI is InChI=1S/C32H44N4O5/c1-6-41-32(40)34-24-13-11-23(12-14-24)33-31(39)35-25-16-22(28-27(21-8-7-9-21)29(28)30(37)38)10-15-26(25)36(17-19(2)3)18-20(4)5/h10-16,19-21,27-29H,6-9,17-18H2,1-5H3,(H,34,40)(H,37,38)(H2,33,35,39)/t27?,28-,29+/m1/s1. The van der Waals surface area contributed by atoms with E-state index in [2.05, 4.69) is 54.6 Å². The largest absolute Gasteiger partial charge is 0.481 e. The van der Waals surface area contributed by atoms with E-state index in [1.165, 1.54) is 6.42 Å². The van der Waals surface area contributed by atoms with Gasteiger partial charge in [-0.15, -0.1) is 0 Å². The van der Waals surface area contributed by atoms with Gasteiger partial charge in [0.25, 0.3) is 0 Å². The number of hydrogen-bond acceptors (Lipinski definition) is 5. The summed E-state index contributed by atoms with van der Waals surface area (Å²) in [5.41, 5.74) is 3.69. The minimum atomic E-state index is -0.731. The molecule has 1 unspecified atom stereocenters. The van der Waals surface area contributed by atoms with Gasteiger partial charge in [0.05, 0.1) is 23.9 Å². The van der Waals surface area contributed by atoms with E-state index in [4.69, 9.17) is 4.74 Å². The van der Waals surface area contributed by atoms with Crippen molar-refractivity contribution < 1.29 is 24.2 Å². The number of carbonyl (C=O) groups is 3. The van der Waals surface area contributed by atoms with Gasteiger partial charge < -0.3 is 25.4 Å². The smallest absolute Gasteiger partial charge is 0.411 e. The molecule has 2 fully saturated rings. The number of aliphatic carboxylic acids is 1. The van der Waals surface area contributed by atoms with E-state index in [9.17, 15) is 19.5 Å². The Kier molecular flexibility index (Phi) is 9.78. The maximum Gasteiger partial charge on any atom is 0.411 e. The molecule has 4 N–H and O–H groups in total. The number of amides is 3. The number of carboxylic acid groups (broad SMARTS) is 1. The van der Waals surface area contributed by atoms with Gasteiger partial charge in [0, 0.05) is 30.4 Å². The normalized spacial score (nSPS) is 19.8. The molecule has 2 aliphatic rings. The molecule has 2 aromatic carbocycles. The summed E-state index contributed by atoms with van der Waals surface area (Å²) >= 11 is 0. The number of hydrogen-bond donors (Lipinski definition) is 4. The van der Waals surface area contributed by atoms with E-state index >= 15 is 0 Å². The molecule has 0 bridgehead atoms. The van der Waals surface area contributed by atoms with Crippen molar-refractivity contribution in [3.63, 3.8) is 0 Å². The Balaban J connectivity index is 1.56. The number of nitrogens with zero attached hydrogens (tertiary/aromatic N) is 1. The SMILES string of the molecule is CCOC(=O)Nc1ccc(NC(=O)Nc2cc([C@@H]3C(C4CCC4)[C@@H]3C(=O)O)ccc2N(CC(C)C)CC(C)C)cc1. The van der Waals surface area contributed by atoms with Crippen molar-refractivity contribution in [3.8, 4) is 0 Å². The van der Waals surface area contributed by atoms with Gasteiger partial charge in [0.15, 0.2) is 0 Å². The van der Waals surface area contributed by atoms with Crippen molar-refractivity contribution in [3.05, 3.63) is 48.0 Å². The van der Waals surface area contributed by atoms with Crippen LogP contribution in [0.25, 0.3) is 0 Å². The monoisotopic (exact) mass is 564 g/mol. The summed E-state index contributed by atoms with van der Waals surface area (Å²) in [6.45, 7) is 12.4. The molecule has 4 rings (SSSR count). The summed E-state index contributed by atoms with van der Waals surface area (Å²) in [6.07, 6.45) is 2.83. The summed E-state index contributed by atoms with van der Waals surface area (Å²) in [5.74, 6) is 0.346. The summed E-state index contributed by atoms with van der Waals surface area (Å²) in [4.78, 5) is 39.3. The molecule has 2 aromatic rings. The second kappa shape index (κ2) is 13.3. The molecule has 0 aliphatic heterocycles. The van der Waals surface area contributed by atoms with Crippen molar-refractivity contribution in [1.29, 1.82) is 0 Å². The van der Waals surface area contributed by atoms with Gasteiger partial charge in [-0.05, 0) is 72.6 Å². The predicted molar refractivity (Wildman–Crippen MR) is 163 cm³/mol. The Morgan fingerprint density at radius 1 is 0.927 bits per heavy atom. The Hall–Kier alpha value is -3.75. The zero-order valence-corrected chi connectivity index (χ0v) is 24.8. The van der Waals surface area contributed by atoms with Crippen molar-refractivity contribution in [2.24, 2.45) is 29.6 Å². The van der Waals surface area contributed by atoms with E-state index in [0.717, 1.165) is 37.2 Å². The molecule has 2 aliphatic carbocycles. The number of benzene rings is 2. The van der Waals surface area contributed by atoms with Crippen LogP contribution in [-0.2, 0) is 9.53 Å². The lowest BCUT2D eigenvalue weighted by molar-refractivity contribution is -0.139. The molecule has 9 heteroatoms. The quantitative estimate of drug-likeness (QED) is 0.216. The molecule has 0 heterocycles. The fourth-order valence-electron chi connectivity index (χ4n) is 5.99. The first kappa shape index (κ1) is 30.2. The lowest BCUT2D eigenvalue weighted by Gasteiger charge is -2.31. The molecular formula is C32H44N4O5. The van der Waals surface area contributed by atoms with E-state index in [0.29, 0.717) is 34.8 Å². The number of carbonyl (C=O) groups excluding carboxylic acids is 2. The number of nitrogens with one attached hydrogen (secondary N) is 3. The van der Waals surface area contributed by atoms with Gasteiger partial charge in [0.1, 0.15) is 0 Å². The fraction of sp³-hybridized carbons (Fsp3) is 0.531. The highest BCUT2D eigenvalue weighted by Gasteiger charge is 2.59. The summed E-state index contributed by atoms with van der Waals surface area (Å²) in [7, 11) is 0. The maximum absolute atomic E-state index is 13.2. The van der Waals surface area contributed by atoms with Gasteiger partial charge in [0.2, 0.25) is 0 Å². The van der Waals surface area contributed by atoms with Crippen LogP contribution in [0.3, 0.4) is 0 Å². The third-order valence-corrected chi connectivity index (χ3v) is 7.88. The van der Waals surface area contributed by atoms with Crippen LogP contribution in [0.1, 0.15) is 65.4 Å². The summed E-state index contributed by atoms with van der Waals surface area (Å²) in [5, 5.41) is 18.5. The van der Waals surface area contributed by atoms with Crippen LogP contribution in [0.2, 0.25) is 0 Å². The van der Waals surface area contributed by atoms with Crippen molar-refractivity contribution in [2.75, 3.05) is 40.5 Å². The first-order valence-electron chi connectivity index (χ1n) is 14.8. The van der Waals surface area contributed by atoms with Crippen LogP contribution in [0, 0.1) is 29.6 Å². The molecule has 222 valence electrons. The lowest BCUT2D eigenvalue weighted by atomic mass is 9.80. The Bertz CT molecular complexity index is 1220. The highest BCUT2D eigenvalue weighted by Crippen LogP contribution is 2.62. The number of anilines is 4. The van der Waals surface area contributed by atoms with Crippen LogP contribution < -0.4 is 20.9 Å². The third-order valence-electron chi connectivity index (χ3n) is 7.88. The average molecular weight is 565 g/mol.